The number of hydrogen-bond acceptors (Lipinski definition) is 7. The zero-order chi connectivity index (χ0) is 18.9. The maximum absolute atomic E-state index is 12.3. The summed E-state index contributed by atoms with van der Waals surface area (Å²) in [6.07, 6.45) is 1.11. The first-order chi connectivity index (χ1) is 12.3. The van der Waals surface area contributed by atoms with Crippen LogP contribution in [0.5, 0.6) is 0 Å². The average molecular weight is 379 g/mol. The van der Waals surface area contributed by atoms with E-state index in [4.69, 9.17) is 4.74 Å². The molecule has 2 saturated heterocycles. The van der Waals surface area contributed by atoms with Crippen LogP contribution in [0.25, 0.3) is 0 Å². The van der Waals surface area contributed by atoms with Gasteiger partial charge in [-0.05, 0) is 25.5 Å². The molecule has 0 aliphatic carbocycles. The normalized spacial score (nSPS) is 24.3. The van der Waals surface area contributed by atoms with Crippen LogP contribution in [-0.2, 0) is 19.1 Å². The number of nitrogens with zero attached hydrogens (tertiary/aromatic N) is 2. The molecule has 0 aromatic heterocycles. The molecule has 0 unspecified atom stereocenters. The molecule has 0 spiro atoms. The quantitative estimate of drug-likeness (QED) is 0.468. The van der Waals surface area contributed by atoms with Crippen molar-refractivity contribution in [1.29, 1.82) is 0 Å². The van der Waals surface area contributed by atoms with E-state index < -0.39 is 29.4 Å². The maximum Gasteiger partial charge on any atom is 0.330 e. The van der Waals surface area contributed by atoms with Gasteiger partial charge in [0.1, 0.15) is 6.04 Å². The van der Waals surface area contributed by atoms with E-state index in [9.17, 15) is 24.5 Å². The Hall–Kier alpha value is -2.62. The van der Waals surface area contributed by atoms with Crippen molar-refractivity contribution in [3.8, 4) is 0 Å². The lowest BCUT2D eigenvalue weighted by Gasteiger charge is -2.29. The number of hydrogen-bond donors (Lipinski definition) is 1. The number of nitrogens with one attached hydrogen (secondary N) is 1. The summed E-state index contributed by atoms with van der Waals surface area (Å²) >= 11 is 1.54. The molecule has 9 nitrogen and oxygen atoms in total. The molecule has 2 atom stereocenters. The highest BCUT2D eigenvalue weighted by atomic mass is 32.2. The van der Waals surface area contributed by atoms with Crippen LogP contribution in [0.1, 0.15) is 19.8 Å². The van der Waals surface area contributed by atoms with Crippen molar-refractivity contribution in [2.45, 2.75) is 30.7 Å². The molecule has 10 heteroatoms. The number of carbonyl (C=O) groups excluding carboxylic acids is 3. The van der Waals surface area contributed by atoms with Crippen molar-refractivity contribution < 1.29 is 24.0 Å². The zero-order valence-electron chi connectivity index (χ0n) is 14.0. The monoisotopic (exact) mass is 379 g/mol. The van der Waals surface area contributed by atoms with Crippen LogP contribution >= 0.6 is 11.8 Å². The molecule has 1 aromatic carbocycles. The number of esters is 1. The standard InChI is InChI=1S/C16H17N3O6S/c1-16-7-6-14(21)18(16)12(9-26-16)15(22)25-8-13(20)17-10-2-4-11(5-3-10)19(23)24/h2-5,12H,6-9H2,1H3,(H,17,20)/t12-,16+/m0/s1. The van der Waals surface area contributed by atoms with Crippen LogP contribution < -0.4 is 5.32 Å². The fourth-order valence-corrected chi connectivity index (χ4v) is 4.51. The van der Waals surface area contributed by atoms with Gasteiger partial charge in [0.05, 0.1) is 9.79 Å². The number of nitro benzene ring substituents is 1. The Kier molecular flexibility index (Phi) is 4.86. The van der Waals surface area contributed by atoms with E-state index in [2.05, 4.69) is 5.32 Å². The Bertz CT molecular complexity index is 768. The van der Waals surface area contributed by atoms with E-state index in [-0.39, 0.29) is 16.5 Å². The van der Waals surface area contributed by atoms with Crippen molar-refractivity contribution in [1.82, 2.24) is 4.90 Å². The van der Waals surface area contributed by atoms with Gasteiger partial charge >= 0.3 is 5.97 Å². The lowest BCUT2D eigenvalue weighted by atomic mass is 10.2. The highest BCUT2D eigenvalue weighted by Gasteiger charge is 2.53. The van der Waals surface area contributed by atoms with Crippen molar-refractivity contribution >= 4 is 40.9 Å². The highest BCUT2D eigenvalue weighted by Crippen LogP contribution is 2.47. The highest BCUT2D eigenvalue weighted by molar-refractivity contribution is 8.01. The summed E-state index contributed by atoms with van der Waals surface area (Å²) in [5, 5.41) is 13.1. The van der Waals surface area contributed by atoms with Crippen LogP contribution in [0.15, 0.2) is 24.3 Å². The lowest BCUT2D eigenvalue weighted by Crippen LogP contribution is -2.47. The molecule has 26 heavy (non-hydrogen) atoms. The fourth-order valence-electron chi connectivity index (χ4n) is 3.09. The minimum atomic E-state index is -0.674. The van der Waals surface area contributed by atoms with Gasteiger partial charge in [0.2, 0.25) is 5.91 Å². The molecule has 2 fully saturated rings. The Labute approximate surface area is 153 Å². The van der Waals surface area contributed by atoms with E-state index in [1.165, 1.54) is 24.3 Å². The number of fused-ring (bicyclic) bond motifs is 1. The Morgan fingerprint density at radius 2 is 2.12 bits per heavy atom. The van der Waals surface area contributed by atoms with Gasteiger partial charge in [-0.2, -0.15) is 0 Å². The van der Waals surface area contributed by atoms with Crippen LogP contribution in [-0.4, -0.2) is 50.9 Å². The summed E-state index contributed by atoms with van der Waals surface area (Å²) in [6.45, 7) is 1.44. The Balaban J connectivity index is 1.52. The van der Waals surface area contributed by atoms with Crippen molar-refractivity contribution in [2.75, 3.05) is 17.7 Å². The second kappa shape index (κ2) is 6.94. The first kappa shape index (κ1) is 18.2. The lowest BCUT2D eigenvalue weighted by molar-refractivity contribution is -0.384. The van der Waals surface area contributed by atoms with E-state index in [1.807, 2.05) is 6.92 Å². The number of amides is 2. The first-order valence-electron chi connectivity index (χ1n) is 7.97. The molecule has 0 saturated carbocycles. The molecular weight excluding hydrogens is 362 g/mol. The van der Waals surface area contributed by atoms with Gasteiger partial charge in [-0.1, -0.05) is 0 Å². The number of nitro groups is 1. The van der Waals surface area contributed by atoms with E-state index >= 15 is 0 Å². The van der Waals surface area contributed by atoms with E-state index in [1.54, 1.807) is 16.7 Å². The van der Waals surface area contributed by atoms with Crippen molar-refractivity contribution in [3.05, 3.63) is 34.4 Å². The molecule has 2 aliphatic heterocycles. The number of anilines is 1. The molecule has 0 radical (unpaired) electrons. The third kappa shape index (κ3) is 3.50. The molecule has 138 valence electrons. The van der Waals surface area contributed by atoms with E-state index in [0.29, 0.717) is 24.3 Å². The summed E-state index contributed by atoms with van der Waals surface area (Å²) in [4.78, 5) is 47.4. The van der Waals surface area contributed by atoms with Gasteiger partial charge in [-0.3, -0.25) is 19.7 Å². The topological polar surface area (TPSA) is 119 Å². The molecule has 1 aromatic rings. The molecule has 2 amide bonds. The second-order valence-electron chi connectivity index (χ2n) is 6.23. The molecule has 2 aliphatic rings. The Morgan fingerprint density at radius 1 is 1.42 bits per heavy atom. The summed E-state index contributed by atoms with van der Waals surface area (Å²) in [5.74, 6) is -0.788. The number of non-ortho nitro benzene ring substituents is 1. The third-order valence-electron chi connectivity index (χ3n) is 4.42. The second-order valence-corrected chi connectivity index (χ2v) is 7.73. The summed E-state index contributed by atoms with van der Waals surface area (Å²) in [5.41, 5.74) is 0.266. The fraction of sp³-hybridized carbons (Fsp3) is 0.438. The predicted molar refractivity (Wildman–Crippen MR) is 93.4 cm³/mol. The van der Waals surface area contributed by atoms with Gasteiger partial charge in [-0.15, -0.1) is 11.8 Å². The van der Waals surface area contributed by atoms with Crippen LogP contribution in [0.3, 0.4) is 0 Å². The summed E-state index contributed by atoms with van der Waals surface area (Å²) < 4.78 is 5.06. The number of ether oxygens (including phenoxy) is 1. The van der Waals surface area contributed by atoms with Crippen molar-refractivity contribution in [2.24, 2.45) is 0 Å². The minimum Gasteiger partial charge on any atom is -0.454 e. The summed E-state index contributed by atoms with van der Waals surface area (Å²) in [6, 6.07) is 4.63. The first-order valence-corrected chi connectivity index (χ1v) is 8.96. The van der Waals surface area contributed by atoms with Crippen LogP contribution in [0.2, 0.25) is 0 Å². The average Bonchev–Trinajstić information content (AvgIpc) is 3.09. The maximum atomic E-state index is 12.3. The van der Waals surface area contributed by atoms with Gasteiger partial charge in [-0.25, -0.2) is 4.79 Å². The molecular formula is C16H17N3O6S. The van der Waals surface area contributed by atoms with Gasteiger partial charge < -0.3 is 15.0 Å². The third-order valence-corrected chi connectivity index (χ3v) is 5.93. The molecule has 3 rings (SSSR count). The number of thioether (sulfide) groups is 1. The van der Waals surface area contributed by atoms with Gasteiger partial charge in [0.15, 0.2) is 6.61 Å². The predicted octanol–water partition coefficient (Wildman–Crippen LogP) is 1.53. The smallest absolute Gasteiger partial charge is 0.330 e. The van der Waals surface area contributed by atoms with Gasteiger partial charge in [0.25, 0.3) is 11.6 Å². The Morgan fingerprint density at radius 3 is 2.77 bits per heavy atom. The largest absolute Gasteiger partial charge is 0.454 e. The number of benzene rings is 1. The number of carbonyl (C=O) groups is 3. The SMILES string of the molecule is C[C@@]12CCC(=O)N1[C@H](C(=O)OCC(=O)Nc1ccc([N+](=O)[O-])cc1)CS2. The molecule has 2 heterocycles. The van der Waals surface area contributed by atoms with Crippen molar-refractivity contribution in [3.63, 3.8) is 0 Å². The van der Waals surface area contributed by atoms with E-state index in [0.717, 1.165) is 0 Å². The summed E-state index contributed by atoms with van der Waals surface area (Å²) in [7, 11) is 0. The minimum absolute atomic E-state index is 0.0743. The zero-order valence-corrected chi connectivity index (χ0v) is 14.8. The molecule has 0 bridgehead atoms. The van der Waals surface area contributed by atoms with Gasteiger partial charge in [0, 0.05) is 30.0 Å². The molecule has 1 N–H and O–H groups in total. The number of rotatable bonds is 5. The van der Waals surface area contributed by atoms with Crippen LogP contribution in [0, 0.1) is 10.1 Å². The van der Waals surface area contributed by atoms with Crippen LogP contribution in [0.4, 0.5) is 11.4 Å².